The Kier molecular flexibility index (Phi) is 9.40. The van der Waals surface area contributed by atoms with Crippen LogP contribution in [0.1, 0.15) is 95.2 Å². The number of carbonyl (C=O) groups is 2. The van der Waals surface area contributed by atoms with Gasteiger partial charge in [-0.05, 0) is 131 Å². The third kappa shape index (κ3) is 6.61. The first-order chi connectivity index (χ1) is 24.1. The van der Waals surface area contributed by atoms with Crippen LogP contribution in [0.4, 0.5) is 10.6 Å². The monoisotopic (exact) mass is 677 g/mol. The van der Waals surface area contributed by atoms with Gasteiger partial charge in [0.15, 0.2) is 0 Å². The molecule has 50 heavy (non-hydrogen) atoms. The van der Waals surface area contributed by atoms with Gasteiger partial charge in [-0.2, -0.15) is 5.10 Å². The number of aromatic nitrogens is 3. The fourth-order valence-electron chi connectivity index (χ4n) is 8.86. The van der Waals surface area contributed by atoms with Crippen molar-refractivity contribution in [3.8, 4) is 29.2 Å². The number of nitrogens with zero attached hydrogens (tertiary/aromatic N) is 5. The summed E-state index contributed by atoms with van der Waals surface area (Å²) in [6.45, 7) is 8.15. The number of pyridine rings is 1. The van der Waals surface area contributed by atoms with Crippen molar-refractivity contribution in [2.45, 2.75) is 103 Å². The van der Waals surface area contributed by atoms with E-state index in [0.29, 0.717) is 51.1 Å². The molecule has 0 radical (unpaired) electrons. The Labute approximate surface area is 296 Å². The van der Waals surface area contributed by atoms with Gasteiger partial charge in [0.2, 0.25) is 5.91 Å². The molecule has 8 rings (SSSR count). The van der Waals surface area contributed by atoms with Crippen LogP contribution >= 0.6 is 0 Å². The number of hydrogen-bond acceptors (Lipinski definition) is 6. The molecule has 9 heteroatoms. The number of carbonyl (C=O) groups excluding carboxylic acids is 2. The van der Waals surface area contributed by atoms with Crippen molar-refractivity contribution >= 4 is 17.8 Å². The quantitative estimate of drug-likeness (QED) is 0.216. The molecule has 0 atom stereocenters. The average molecular weight is 678 g/mol. The summed E-state index contributed by atoms with van der Waals surface area (Å²) in [5.41, 5.74) is 4.88. The highest BCUT2D eigenvalue weighted by molar-refractivity contribution is 5.95. The molecule has 5 fully saturated rings. The van der Waals surface area contributed by atoms with E-state index in [1.54, 1.807) is 12.0 Å². The topological polar surface area (TPSA) is 89.8 Å². The van der Waals surface area contributed by atoms with Gasteiger partial charge in [-0.1, -0.05) is 18.1 Å². The zero-order valence-electron chi connectivity index (χ0n) is 30.1. The smallest absolute Gasteiger partial charge is 0.410 e. The molecule has 5 aliphatic rings. The molecule has 1 aromatic carbocycles. The van der Waals surface area contributed by atoms with Gasteiger partial charge < -0.3 is 14.4 Å². The highest BCUT2D eigenvalue weighted by Gasteiger charge is 2.51. The summed E-state index contributed by atoms with van der Waals surface area (Å²) >= 11 is 0. The molecule has 4 saturated carbocycles. The average Bonchev–Trinajstić information content (AvgIpc) is 3.62. The number of anilines is 1. The Bertz CT molecular complexity index is 1740. The van der Waals surface area contributed by atoms with Gasteiger partial charge in [-0.15, -0.1) is 6.42 Å². The molecule has 2 bridgehead atoms. The van der Waals surface area contributed by atoms with Crippen molar-refractivity contribution in [2.75, 3.05) is 31.6 Å². The van der Waals surface area contributed by atoms with Gasteiger partial charge in [-0.25, -0.2) is 9.78 Å². The summed E-state index contributed by atoms with van der Waals surface area (Å²) in [4.78, 5) is 35.8. The first-order valence-electron chi connectivity index (χ1n) is 18.5. The van der Waals surface area contributed by atoms with Crippen molar-refractivity contribution in [1.29, 1.82) is 0 Å². The number of rotatable bonds is 9. The normalized spacial score (nSPS) is 26.3. The van der Waals surface area contributed by atoms with Crippen LogP contribution in [0, 0.1) is 36.5 Å². The van der Waals surface area contributed by atoms with Crippen LogP contribution in [0.15, 0.2) is 48.9 Å². The van der Waals surface area contributed by atoms with Gasteiger partial charge in [-0.3, -0.25) is 14.4 Å². The fraction of sp³-hybridized carbons (Fsp3) is 0.561. The number of terminal acetylenes is 1. The molecular formula is C41H51N5O4. The maximum atomic E-state index is 14.7. The number of likely N-dealkylation sites (tertiary alicyclic amines) is 1. The van der Waals surface area contributed by atoms with E-state index in [-0.39, 0.29) is 46.8 Å². The van der Waals surface area contributed by atoms with Gasteiger partial charge >= 0.3 is 6.09 Å². The van der Waals surface area contributed by atoms with Gasteiger partial charge in [0.05, 0.1) is 19.2 Å². The summed E-state index contributed by atoms with van der Waals surface area (Å²) in [5, 5.41) is 4.56. The van der Waals surface area contributed by atoms with Crippen LogP contribution < -0.4 is 9.64 Å². The zero-order valence-corrected chi connectivity index (χ0v) is 30.1. The minimum absolute atomic E-state index is 0.0549. The third-order valence-electron chi connectivity index (χ3n) is 12.3. The molecule has 9 nitrogen and oxygen atoms in total. The van der Waals surface area contributed by atoms with Crippen LogP contribution in [-0.4, -0.2) is 64.5 Å². The number of hydrogen-bond donors (Lipinski definition) is 0. The predicted octanol–water partition coefficient (Wildman–Crippen LogP) is 7.73. The standard InChI is InChI=1S/C41H51N5O4/c1-6-30-24-44(25-30)39(48)50-35-10-7-31(8-11-35)38(47)45(37-22-32(13-20-42-37)33-23-43-46(26-33)28(2)3)27-40-14-17-41(18-15-40,19-16-40)34-9-12-36(49-5)29(4)21-34/h1,9,12-13,20-23,26,28,30-31,35H,7-8,10-11,14-19,24-25,27H2,2-5H3. The van der Waals surface area contributed by atoms with Gasteiger partial charge in [0.1, 0.15) is 17.7 Å². The lowest BCUT2D eigenvalue weighted by Crippen LogP contribution is -2.52. The van der Waals surface area contributed by atoms with Crippen LogP contribution in [0.3, 0.4) is 0 Å². The number of aryl methyl sites for hydroxylation is 1. The third-order valence-corrected chi connectivity index (χ3v) is 12.3. The lowest BCUT2D eigenvalue weighted by atomic mass is 9.51. The number of fused-ring (bicyclic) bond motifs is 3. The summed E-state index contributed by atoms with van der Waals surface area (Å²) in [5.74, 6) is 4.47. The lowest BCUT2D eigenvalue weighted by molar-refractivity contribution is -0.124. The van der Waals surface area contributed by atoms with E-state index < -0.39 is 0 Å². The van der Waals surface area contributed by atoms with Crippen LogP contribution in [0.25, 0.3) is 11.1 Å². The molecule has 1 saturated heterocycles. The van der Waals surface area contributed by atoms with E-state index in [1.165, 1.54) is 11.1 Å². The van der Waals surface area contributed by atoms with E-state index in [2.05, 4.69) is 62.3 Å². The SMILES string of the molecule is C#CC1CN(C(=O)OC2CCC(C(=O)N(CC34CCC(c5ccc(OC)c(C)c5)(CC3)CC4)c3cc(-c4cnn(C(C)C)c4)ccn3)CC2)C1. The van der Waals surface area contributed by atoms with Crippen molar-refractivity contribution in [1.82, 2.24) is 19.7 Å². The summed E-state index contributed by atoms with van der Waals surface area (Å²) in [6, 6.07) is 11.0. The molecule has 3 aromatic rings. The maximum Gasteiger partial charge on any atom is 0.410 e. The van der Waals surface area contributed by atoms with Gasteiger partial charge in [0.25, 0.3) is 0 Å². The van der Waals surface area contributed by atoms with E-state index in [4.69, 9.17) is 20.9 Å². The van der Waals surface area contributed by atoms with E-state index in [1.807, 2.05) is 28.0 Å². The molecule has 1 aliphatic heterocycles. The number of benzene rings is 1. The van der Waals surface area contributed by atoms with Crippen LogP contribution in [-0.2, 0) is 14.9 Å². The molecule has 2 amide bonds. The number of ether oxygens (including phenoxy) is 2. The number of methoxy groups -OCH3 is 1. The van der Waals surface area contributed by atoms with E-state index >= 15 is 0 Å². The van der Waals surface area contributed by atoms with Crippen molar-refractivity contribution in [3.63, 3.8) is 0 Å². The van der Waals surface area contributed by atoms with Gasteiger partial charge in [0, 0.05) is 49.6 Å². The Hall–Kier alpha value is -4.32. The highest BCUT2D eigenvalue weighted by Crippen LogP contribution is 2.58. The van der Waals surface area contributed by atoms with Crippen molar-refractivity contribution in [3.05, 3.63) is 60.0 Å². The fourth-order valence-corrected chi connectivity index (χ4v) is 8.86. The largest absolute Gasteiger partial charge is 0.496 e. The predicted molar refractivity (Wildman–Crippen MR) is 194 cm³/mol. The Morgan fingerprint density at radius 3 is 2.36 bits per heavy atom. The molecule has 0 unspecified atom stereocenters. The Morgan fingerprint density at radius 1 is 1.02 bits per heavy atom. The summed E-state index contributed by atoms with van der Waals surface area (Å²) in [6.07, 6.45) is 20.2. The minimum Gasteiger partial charge on any atom is -0.496 e. The lowest BCUT2D eigenvalue weighted by Gasteiger charge is -2.55. The number of amides is 2. The van der Waals surface area contributed by atoms with E-state index in [0.717, 1.165) is 55.4 Å². The minimum atomic E-state index is -0.288. The molecule has 0 spiro atoms. The first kappa shape index (κ1) is 34.1. The molecular weight excluding hydrogens is 626 g/mol. The molecule has 4 aliphatic carbocycles. The second-order valence-electron chi connectivity index (χ2n) is 15.7. The van der Waals surface area contributed by atoms with E-state index in [9.17, 15) is 9.59 Å². The first-order valence-corrected chi connectivity index (χ1v) is 18.5. The maximum absolute atomic E-state index is 14.7. The highest BCUT2D eigenvalue weighted by atomic mass is 16.6. The molecule has 264 valence electrons. The second kappa shape index (κ2) is 13.8. The Balaban J connectivity index is 1.09. The Morgan fingerprint density at radius 2 is 1.74 bits per heavy atom. The summed E-state index contributed by atoms with van der Waals surface area (Å²) in [7, 11) is 1.73. The second-order valence-corrected chi connectivity index (χ2v) is 15.7. The zero-order chi connectivity index (χ0) is 35.0. The summed E-state index contributed by atoms with van der Waals surface area (Å²) < 4.78 is 13.3. The molecule has 3 heterocycles. The van der Waals surface area contributed by atoms with Crippen molar-refractivity contribution < 1.29 is 19.1 Å². The molecule has 2 aromatic heterocycles. The van der Waals surface area contributed by atoms with Crippen LogP contribution in [0.2, 0.25) is 0 Å². The van der Waals surface area contributed by atoms with Crippen LogP contribution in [0.5, 0.6) is 5.75 Å². The van der Waals surface area contributed by atoms with Crippen molar-refractivity contribution in [2.24, 2.45) is 17.3 Å². The molecule has 0 N–H and O–H groups in total.